The van der Waals surface area contributed by atoms with E-state index in [1.807, 2.05) is 12.1 Å². The standard InChI is InChI=1S/C22H35N3O/c1-17-9-5-6-10-21(17)18(2)23-22(26)19(3)25-14-11-20(16-25)15-24-12-7-4-8-13-24/h5-6,9-10,18-20H,4,7-8,11-16H2,1-3H3,(H,23,26). The Bertz CT molecular complexity index is 597. The number of amides is 1. The molecule has 4 heteroatoms. The van der Waals surface area contributed by atoms with Crippen LogP contribution in [0.1, 0.15) is 56.7 Å². The number of benzene rings is 1. The predicted molar refractivity (Wildman–Crippen MR) is 107 cm³/mol. The molecule has 0 aromatic heterocycles. The maximum Gasteiger partial charge on any atom is 0.237 e. The molecule has 144 valence electrons. The van der Waals surface area contributed by atoms with Crippen molar-refractivity contribution in [2.75, 3.05) is 32.7 Å². The van der Waals surface area contributed by atoms with Crippen molar-refractivity contribution in [1.82, 2.24) is 15.1 Å². The van der Waals surface area contributed by atoms with Gasteiger partial charge >= 0.3 is 0 Å². The van der Waals surface area contributed by atoms with Crippen LogP contribution in [0.5, 0.6) is 0 Å². The maximum atomic E-state index is 12.8. The second-order valence-corrected chi connectivity index (χ2v) is 8.27. The molecule has 2 heterocycles. The maximum absolute atomic E-state index is 12.8. The first-order valence-electron chi connectivity index (χ1n) is 10.4. The molecule has 3 atom stereocenters. The summed E-state index contributed by atoms with van der Waals surface area (Å²) in [4.78, 5) is 17.8. The van der Waals surface area contributed by atoms with Crippen LogP contribution >= 0.6 is 0 Å². The second-order valence-electron chi connectivity index (χ2n) is 8.27. The van der Waals surface area contributed by atoms with E-state index in [0.29, 0.717) is 0 Å². The highest BCUT2D eigenvalue weighted by Crippen LogP contribution is 2.22. The summed E-state index contributed by atoms with van der Waals surface area (Å²) in [6, 6.07) is 8.30. The van der Waals surface area contributed by atoms with Crippen LogP contribution in [0.2, 0.25) is 0 Å². The number of piperidine rings is 1. The molecule has 0 bridgehead atoms. The second kappa shape index (κ2) is 9.01. The normalized spacial score (nSPS) is 24.3. The summed E-state index contributed by atoms with van der Waals surface area (Å²) in [6.07, 6.45) is 5.32. The van der Waals surface area contributed by atoms with Crippen LogP contribution in [0.3, 0.4) is 0 Å². The van der Waals surface area contributed by atoms with Crippen molar-refractivity contribution >= 4 is 5.91 Å². The molecule has 4 nitrogen and oxygen atoms in total. The molecule has 1 aromatic carbocycles. The van der Waals surface area contributed by atoms with Crippen molar-refractivity contribution in [1.29, 1.82) is 0 Å². The van der Waals surface area contributed by atoms with Crippen LogP contribution in [0.15, 0.2) is 24.3 Å². The van der Waals surface area contributed by atoms with Crippen molar-refractivity contribution in [2.24, 2.45) is 5.92 Å². The molecular formula is C22H35N3O. The minimum Gasteiger partial charge on any atom is -0.348 e. The third-order valence-electron chi connectivity index (χ3n) is 6.22. The van der Waals surface area contributed by atoms with Gasteiger partial charge in [-0.25, -0.2) is 0 Å². The number of aryl methyl sites for hydroxylation is 1. The molecule has 2 fully saturated rings. The smallest absolute Gasteiger partial charge is 0.237 e. The Morgan fingerprint density at radius 3 is 2.62 bits per heavy atom. The van der Waals surface area contributed by atoms with Gasteiger partial charge in [-0.2, -0.15) is 0 Å². The first-order chi connectivity index (χ1) is 12.5. The molecular weight excluding hydrogens is 322 g/mol. The lowest BCUT2D eigenvalue weighted by molar-refractivity contribution is -0.126. The quantitative estimate of drug-likeness (QED) is 0.848. The highest BCUT2D eigenvalue weighted by molar-refractivity contribution is 5.81. The van der Waals surface area contributed by atoms with Crippen LogP contribution in [0.25, 0.3) is 0 Å². The van der Waals surface area contributed by atoms with Crippen molar-refractivity contribution in [2.45, 2.75) is 58.5 Å². The zero-order valence-corrected chi connectivity index (χ0v) is 16.7. The van der Waals surface area contributed by atoms with Crippen LogP contribution in [-0.2, 0) is 4.79 Å². The largest absolute Gasteiger partial charge is 0.348 e. The molecule has 0 spiro atoms. The number of carbonyl (C=O) groups is 1. The fraction of sp³-hybridized carbons (Fsp3) is 0.682. The lowest BCUT2D eigenvalue weighted by atomic mass is 10.0. The number of carbonyl (C=O) groups excluding carboxylic acids is 1. The highest BCUT2D eigenvalue weighted by atomic mass is 16.2. The summed E-state index contributed by atoms with van der Waals surface area (Å²) in [5, 5.41) is 3.22. The Morgan fingerprint density at radius 2 is 1.88 bits per heavy atom. The summed E-state index contributed by atoms with van der Waals surface area (Å²) in [5.41, 5.74) is 2.44. The third kappa shape index (κ3) is 4.86. The molecule has 2 aliphatic heterocycles. The first kappa shape index (κ1) is 19.4. The Morgan fingerprint density at radius 1 is 1.15 bits per heavy atom. The van der Waals surface area contributed by atoms with Gasteiger partial charge in [0, 0.05) is 13.1 Å². The van der Waals surface area contributed by atoms with Gasteiger partial charge in [-0.15, -0.1) is 0 Å². The van der Waals surface area contributed by atoms with E-state index in [9.17, 15) is 4.79 Å². The van der Waals surface area contributed by atoms with Gasteiger partial charge in [0.2, 0.25) is 5.91 Å². The van der Waals surface area contributed by atoms with Gasteiger partial charge in [-0.3, -0.25) is 9.69 Å². The minimum atomic E-state index is -0.0483. The Labute approximate surface area is 158 Å². The summed E-state index contributed by atoms with van der Waals surface area (Å²) in [5.74, 6) is 0.872. The average molecular weight is 358 g/mol. The number of likely N-dealkylation sites (tertiary alicyclic amines) is 2. The lowest BCUT2D eigenvalue weighted by Crippen LogP contribution is -2.45. The zero-order valence-electron chi connectivity index (χ0n) is 16.7. The molecule has 0 aliphatic carbocycles. The monoisotopic (exact) mass is 357 g/mol. The molecule has 3 rings (SSSR count). The third-order valence-corrected chi connectivity index (χ3v) is 6.22. The summed E-state index contributed by atoms with van der Waals surface area (Å²) in [6.45, 7) is 12.1. The van der Waals surface area contributed by atoms with Crippen molar-refractivity contribution in [3.63, 3.8) is 0 Å². The van der Waals surface area contributed by atoms with E-state index in [-0.39, 0.29) is 18.0 Å². The van der Waals surface area contributed by atoms with Crippen molar-refractivity contribution in [3.05, 3.63) is 35.4 Å². The van der Waals surface area contributed by atoms with E-state index in [4.69, 9.17) is 0 Å². The average Bonchev–Trinajstić information content (AvgIpc) is 3.10. The first-order valence-corrected chi connectivity index (χ1v) is 10.4. The van der Waals surface area contributed by atoms with E-state index < -0.39 is 0 Å². The molecule has 1 aromatic rings. The number of hydrogen-bond donors (Lipinski definition) is 1. The highest BCUT2D eigenvalue weighted by Gasteiger charge is 2.31. The van der Waals surface area contributed by atoms with Crippen molar-refractivity contribution in [3.8, 4) is 0 Å². The Kier molecular flexibility index (Phi) is 6.71. The van der Waals surface area contributed by atoms with Gasteiger partial charge in [0.15, 0.2) is 0 Å². The van der Waals surface area contributed by atoms with Gasteiger partial charge in [0.25, 0.3) is 0 Å². The number of nitrogens with one attached hydrogen (secondary N) is 1. The number of nitrogens with zero attached hydrogens (tertiary/aromatic N) is 2. The number of hydrogen-bond acceptors (Lipinski definition) is 3. The van der Waals surface area contributed by atoms with Crippen molar-refractivity contribution < 1.29 is 4.79 Å². The van der Waals surface area contributed by atoms with Gasteiger partial charge in [-0.05, 0) is 76.7 Å². The van der Waals surface area contributed by atoms with E-state index in [1.165, 1.54) is 56.4 Å². The van der Waals surface area contributed by atoms with Gasteiger partial charge in [-0.1, -0.05) is 30.7 Å². The van der Waals surface area contributed by atoms with Gasteiger partial charge in [0.05, 0.1) is 12.1 Å². The molecule has 26 heavy (non-hydrogen) atoms. The lowest BCUT2D eigenvalue weighted by Gasteiger charge is -2.30. The molecule has 0 saturated carbocycles. The van der Waals surface area contributed by atoms with E-state index in [1.54, 1.807) is 0 Å². The molecule has 3 unspecified atom stereocenters. The summed E-state index contributed by atoms with van der Waals surface area (Å²) in [7, 11) is 0. The summed E-state index contributed by atoms with van der Waals surface area (Å²) >= 11 is 0. The minimum absolute atomic E-state index is 0.0483. The van der Waals surface area contributed by atoms with E-state index >= 15 is 0 Å². The van der Waals surface area contributed by atoms with E-state index in [0.717, 1.165) is 19.0 Å². The fourth-order valence-corrected chi connectivity index (χ4v) is 4.52. The van der Waals surface area contributed by atoms with Crippen LogP contribution < -0.4 is 5.32 Å². The Hall–Kier alpha value is -1.39. The molecule has 2 saturated heterocycles. The SMILES string of the molecule is Cc1ccccc1C(C)NC(=O)C(C)N1CCC(CN2CCCCC2)C1. The fourth-order valence-electron chi connectivity index (χ4n) is 4.52. The van der Waals surface area contributed by atoms with Gasteiger partial charge < -0.3 is 10.2 Å². The summed E-state index contributed by atoms with van der Waals surface area (Å²) < 4.78 is 0. The van der Waals surface area contributed by atoms with Crippen LogP contribution in [-0.4, -0.2) is 54.5 Å². The van der Waals surface area contributed by atoms with Gasteiger partial charge in [0.1, 0.15) is 0 Å². The molecule has 0 radical (unpaired) electrons. The topological polar surface area (TPSA) is 35.6 Å². The van der Waals surface area contributed by atoms with Crippen LogP contribution in [0, 0.1) is 12.8 Å². The van der Waals surface area contributed by atoms with E-state index in [2.05, 4.69) is 48.0 Å². The zero-order chi connectivity index (χ0) is 18.5. The van der Waals surface area contributed by atoms with Crippen LogP contribution in [0.4, 0.5) is 0 Å². The Balaban J connectivity index is 1.48. The number of rotatable bonds is 6. The predicted octanol–water partition coefficient (Wildman–Crippen LogP) is 3.37. The molecule has 1 amide bonds. The molecule has 1 N–H and O–H groups in total. The molecule has 2 aliphatic rings.